The minimum absolute atomic E-state index is 0.279. The maximum absolute atomic E-state index is 11.5. The molecule has 1 heterocycles. The van der Waals surface area contributed by atoms with Gasteiger partial charge in [0.1, 0.15) is 6.04 Å². The molecule has 0 aromatic carbocycles. The molecule has 1 aliphatic heterocycles. The zero-order valence-electron chi connectivity index (χ0n) is 9.81. The molecule has 2 atom stereocenters. The zero-order valence-corrected chi connectivity index (χ0v) is 9.81. The van der Waals surface area contributed by atoms with Gasteiger partial charge in [-0.2, -0.15) is 0 Å². The van der Waals surface area contributed by atoms with Gasteiger partial charge >= 0.3 is 5.97 Å². The van der Waals surface area contributed by atoms with E-state index in [1.54, 1.807) is 0 Å². The average Bonchev–Trinajstić information content (AvgIpc) is 2.86. The number of rotatable bonds is 6. The van der Waals surface area contributed by atoms with Crippen LogP contribution in [-0.4, -0.2) is 59.8 Å². The molecule has 102 valence electrons. The summed E-state index contributed by atoms with van der Waals surface area (Å²) in [5, 5.41) is 24.8. The normalized spacial score (nSPS) is 20.2. The largest absolute Gasteiger partial charge is 0.480 e. The van der Waals surface area contributed by atoms with Crippen molar-refractivity contribution in [3.05, 3.63) is 0 Å². The van der Waals surface area contributed by atoms with E-state index < -0.39 is 24.5 Å². The summed E-state index contributed by atoms with van der Waals surface area (Å²) in [5.74, 6) is -2.25. The van der Waals surface area contributed by atoms with Crippen LogP contribution in [0, 0.1) is 0 Å². The molecule has 0 bridgehead atoms. The van der Waals surface area contributed by atoms with Crippen LogP contribution in [0.2, 0.25) is 0 Å². The van der Waals surface area contributed by atoms with E-state index in [2.05, 4.69) is 16.0 Å². The van der Waals surface area contributed by atoms with Gasteiger partial charge in [0, 0.05) is 0 Å². The van der Waals surface area contributed by atoms with E-state index in [1.165, 1.54) is 0 Å². The minimum Gasteiger partial charge on any atom is -0.480 e. The van der Waals surface area contributed by atoms with E-state index in [9.17, 15) is 14.4 Å². The van der Waals surface area contributed by atoms with Gasteiger partial charge in [0.15, 0.2) is 0 Å². The quantitative estimate of drug-likeness (QED) is 0.356. The SMILES string of the molecule is O=C(CNC(=O)[C@@H]1CCCN1)N[C@@H](CO)C(=O)O. The Balaban J connectivity index is 2.27. The van der Waals surface area contributed by atoms with Crippen LogP contribution in [0.3, 0.4) is 0 Å². The highest BCUT2D eigenvalue weighted by Gasteiger charge is 2.23. The summed E-state index contributed by atoms with van der Waals surface area (Å²) in [4.78, 5) is 33.4. The molecule has 2 amide bonds. The molecule has 1 aliphatic rings. The van der Waals surface area contributed by atoms with Gasteiger partial charge < -0.3 is 26.2 Å². The molecular weight excluding hydrogens is 242 g/mol. The van der Waals surface area contributed by atoms with E-state index in [0.29, 0.717) is 0 Å². The number of nitrogens with one attached hydrogen (secondary N) is 3. The number of aliphatic carboxylic acids is 1. The van der Waals surface area contributed by atoms with Crippen LogP contribution in [0.15, 0.2) is 0 Å². The summed E-state index contributed by atoms with van der Waals surface area (Å²) in [6.07, 6.45) is 1.64. The molecule has 1 rings (SSSR count). The monoisotopic (exact) mass is 259 g/mol. The third kappa shape index (κ3) is 4.30. The summed E-state index contributed by atoms with van der Waals surface area (Å²) in [6, 6.07) is -1.63. The van der Waals surface area contributed by atoms with Crippen molar-refractivity contribution in [1.82, 2.24) is 16.0 Å². The summed E-state index contributed by atoms with van der Waals surface area (Å²) >= 11 is 0. The van der Waals surface area contributed by atoms with E-state index in [4.69, 9.17) is 10.2 Å². The molecule has 0 spiro atoms. The van der Waals surface area contributed by atoms with Crippen molar-refractivity contribution in [2.45, 2.75) is 24.9 Å². The van der Waals surface area contributed by atoms with E-state index in [-0.39, 0.29) is 18.5 Å². The van der Waals surface area contributed by atoms with Crippen molar-refractivity contribution in [3.8, 4) is 0 Å². The molecule has 0 aliphatic carbocycles. The van der Waals surface area contributed by atoms with Crippen molar-refractivity contribution in [1.29, 1.82) is 0 Å². The fourth-order valence-corrected chi connectivity index (χ4v) is 1.63. The topological polar surface area (TPSA) is 128 Å². The molecule has 0 aromatic heterocycles. The van der Waals surface area contributed by atoms with E-state index in [1.807, 2.05) is 0 Å². The second kappa shape index (κ2) is 6.92. The van der Waals surface area contributed by atoms with Crippen LogP contribution in [-0.2, 0) is 14.4 Å². The maximum Gasteiger partial charge on any atom is 0.328 e. The molecule has 0 unspecified atom stereocenters. The van der Waals surface area contributed by atoms with Crippen LogP contribution in [0.5, 0.6) is 0 Å². The standard InChI is InChI=1S/C10H17N3O5/c14-5-7(10(17)18)13-8(15)4-12-9(16)6-2-1-3-11-6/h6-7,11,14H,1-5H2,(H,12,16)(H,13,15)(H,17,18)/t6-,7-/m0/s1. The van der Waals surface area contributed by atoms with Crippen molar-refractivity contribution in [2.24, 2.45) is 0 Å². The Labute approximate surface area is 104 Å². The first kappa shape index (κ1) is 14.4. The van der Waals surface area contributed by atoms with Gasteiger partial charge in [0.2, 0.25) is 11.8 Å². The number of carboxylic acid groups (broad SMARTS) is 1. The zero-order chi connectivity index (χ0) is 13.5. The lowest BCUT2D eigenvalue weighted by atomic mass is 10.2. The minimum atomic E-state index is -1.35. The van der Waals surface area contributed by atoms with Crippen LogP contribution < -0.4 is 16.0 Å². The Bertz CT molecular complexity index is 327. The maximum atomic E-state index is 11.5. The summed E-state index contributed by atoms with van der Waals surface area (Å²) in [5.41, 5.74) is 0. The number of hydrogen-bond donors (Lipinski definition) is 5. The van der Waals surface area contributed by atoms with Gasteiger partial charge in [-0.3, -0.25) is 9.59 Å². The summed E-state index contributed by atoms with van der Waals surface area (Å²) in [7, 11) is 0. The van der Waals surface area contributed by atoms with Crippen molar-refractivity contribution < 1.29 is 24.6 Å². The van der Waals surface area contributed by atoms with Crippen molar-refractivity contribution >= 4 is 17.8 Å². The first-order valence-electron chi connectivity index (χ1n) is 5.68. The van der Waals surface area contributed by atoms with Crippen LogP contribution in [0.1, 0.15) is 12.8 Å². The predicted molar refractivity (Wildman–Crippen MR) is 60.7 cm³/mol. The Kier molecular flexibility index (Phi) is 5.53. The molecule has 5 N–H and O–H groups in total. The number of carboxylic acids is 1. The first-order chi connectivity index (χ1) is 8.54. The number of aliphatic hydroxyl groups excluding tert-OH is 1. The van der Waals surface area contributed by atoms with Gasteiger partial charge in [-0.1, -0.05) is 0 Å². The lowest BCUT2D eigenvalue weighted by Crippen LogP contribution is -2.49. The lowest BCUT2D eigenvalue weighted by Gasteiger charge is -2.13. The Morgan fingerprint density at radius 3 is 2.61 bits per heavy atom. The predicted octanol–water partition coefficient (Wildman–Crippen LogP) is -2.58. The van der Waals surface area contributed by atoms with Crippen molar-refractivity contribution in [2.75, 3.05) is 19.7 Å². The molecule has 0 aromatic rings. The number of carbonyl (C=O) groups is 3. The molecule has 0 radical (unpaired) electrons. The molecular formula is C10H17N3O5. The van der Waals surface area contributed by atoms with Gasteiger partial charge in [-0.25, -0.2) is 4.79 Å². The smallest absolute Gasteiger partial charge is 0.328 e. The average molecular weight is 259 g/mol. The van der Waals surface area contributed by atoms with Gasteiger partial charge in [-0.15, -0.1) is 0 Å². The van der Waals surface area contributed by atoms with Gasteiger partial charge in [0.05, 0.1) is 19.2 Å². The Morgan fingerprint density at radius 2 is 2.11 bits per heavy atom. The second-order valence-electron chi connectivity index (χ2n) is 4.01. The highest BCUT2D eigenvalue weighted by Crippen LogP contribution is 2.03. The van der Waals surface area contributed by atoms with Crippen molar-refractivity contribution in [3.63, 3.8) is 0 Å². The molecule has 8 nitrogen and oxygen atoms in total. The number of aliphatic hydroxyl groups is 1. The van der Waals surface area contributed by atoms with Crippen LogP contribution in [0.4, 0.5) is 0 Å². The van der Waals surface area contributed by atoms with Crippen LogP contribution in [0.25, 0.3) is 0 Å². The number of carbonyl (C=O) groups excluding carboxylic acids is 2. The Hall–Kier alpha value is -1.67. The van der Waals surface area contributed by atoms with E-state index >= 15 is 0 Å². The first-order valence-corrected chi connectivity index (χ1v) is 5.68. The highest BCUT2D eigenvalue weighted by molar-refractivity contribution is 5.89. The van der Waals surface area contributed by atoms with Crippen LogP contribution >= 0.6 is 0 Å². The number of hydrogen-bond acceptors (Lipinski definition) is 5. The Morgan fingerprint density at radius 1 is 1.39 bits per heavy atom. The third-order valence-electron chi connectivity index (χ3n) is 2.62. The second-order valence-corrected chi connectivity index (χ2v) is 4.01. The van der Waals surface area contributed by atoms with E-state index in [0.717, 1.165) is 19.4 Å². The fourth-order valence-electron chi connectivity index (χ4n) is 1.63. The number of amides is 2. The molecule has 18 heavy (non-hydrogen) atoms. The molecule has 1 fully saturated rings. The lowest BCUT2D eigenvalue weighted by molar-refractivity contribution is -0.142. The van der Waals surface area contributed by atoms with Gasteiger partial charge in [-0.05, 0) is 19.4 Å². The van der Waals surface area contributed by atoms with Gasteiger partial charge in [0.25, 0.3) is 0 Å². The summed E-state index contributed by atoms with van der Waals surface area (Å²) in [6.45, 7) is -0.226. The highest BCUT2D eigenvalue weighted by atomic mass is 16.4. The molecule has 0 saturated carbocycles. The third-order valence-corrected chi connectivity index (χ3v) is 2.62. The summed E-state index contributed by atoms with van der Waals surface area (Å²) < 4.78 is 0. The molecule has 1 saturated heterocycles. The fraction of sp³-hybridized carbons (Fsp3) is 0.700. The molecule has 8 heteroatoms.